The van der Waals surface area contributed by atoms with Crippen molar-refractivity contribution >= 4 is 30.3 Å². The van der Waals surface area contributed by atoms with Gasteiger partial charge in [-0.1, -0.05) is 25.3 Å². The van der Waals surface area contributed by atoms with Gasteiger partial charge in [-0.15, -0.1) is 0 Å². The second-order valence-electron chi connectivity index (χ2n) is 10.7. The third kappa shape index (κ3) is 13.1. The summed E-state index contributed by atoms with van der Waals surface area (Å²) < 4.78 is 27.0. The molecule has 0 aliphatic heterocycles. The molecule has 0 bridgehead atoms. The fourth-order valence-electron chi connectivity index (χ4n) is 4.22. The van der Waals surface area contributed by atoms with Crippen molar-refractivity contribution in [1.82, 2.24) is 0 Å². The van der Waals surface area contributed by atoms with E-state index in [1.54, 1.807) is 103 Å². The normalized spacial score (nSPS) is 10.8. The number of rotatable bonds is 20. The maximum absolute atomic E-state index is 12.9. The van der Waals surface area contributed by atoms with Crippen molar-refractivity contribution in [3.05, 3.63) is 139 Å². The van der Waals surface area contributed by atoms with E-state index in [2.05, 4.69) is 23.4 Å². The van der Waals surface area contributed by atoms with Gasteiger partial charge in [0.25, 0.3) is 0 Å². The average Bonchev–Trinajstić information content (AvgIpc) is 3.17. The predicted molar refractivity (Wildman–Crippen MR) is 194 cm³/mol. The number of carbonyl (C=O) groups excluding carboxylic acids is 3. The Morgan fingerprint density at radius 3 is 1.98 bits per heavy atom. The second kappa shape index (κ2) is 20.9. The Hall–Kier alpha value is -6.53. The standard InChI is InChI=1S/C40H38N2O10/c1-4-38(43)48-24-8-7-23-47-33-20-14-32(15-21-33)40(45)51-36-22-13-31(25-37(36)46-6-3)27-42-41-26-29-9-18-35(19-10-29)52-49-28-30-11-16-34(17-12-30)50-39(44)5-2/h4-5,9-22,25-27H,1-2,6-8,23-24,28H2,3H3. The molecule has 52 heavy (non-hydrogen) atoms. The summed E-state index contributed by atoms with van der Waals surface area (Å²) in [6.07, 6.45) is 6.72. The highest BCUT2D eigenvalue weighted by Gasteiger charge is 2.14. The van der Waals surface area contributed by atoms with Crippen molar-refractivity contribution in [1.29, 1.82) is 0 Å². The van der Waals surface area contributed by atoms with E-state index in [-0.39, 0.29) is 12.4 Å². The molecule has 0 saturated carbocycles. The number of nitrogens with zero attached hydrogens (tertiary/aromatic N) is 2. The van der Waals surface area contributed by atoms with Crippen LogP contribution in [0.15, 0.2) is 127 Å². The molecular formula is C40H38N2O10. The van der Waals surface area contributed by atoms with Gasteiger partial charge in [-0.25, -0.2) is 14.4 Å². The zero-order chi connectivity index (χ0) is 37.0. The Bertz CT molecular complexity index is 1850. The van der Waals surface area contributed by atoms with Crippen molar-refractivity contribution in [2.45, 2.75) is 26.4 Å². The van der Waals surface area contributed by atoms with Gasteiger partial charge in [-0.3, -0.25) is 0 Å². The van der Waals surface area contributed by atoms with Gasteiger partial charge in [0, 0.05) is 12.2 Å². The Morgan fingerprint density at radius 1 is 0.654 bits per heavy atom. The van der Waals surface area contributed by atoms with Crippen molar-refractivity contribution in [2.75, 3.05) is 19.8 Å². The smallest absolute Gasteiger partial charge is 0.343 e. The van der Waals surface area contributed by atoms with E-state index in [0.717, 1.165) is 23.3 Å². The van der Waals surface area contributed by atoms with Crippen LogP contribution >= 0.6 is 0 Å². The second-order valence-corrected chi connectivity index (χ2v) is 10.7. The van der Waals surface area contributed by atoms with E-state index in [1.165, 1.54) is 0 Å². The minimum Gasteiger partial charge on any atom is -0.494 e. The van der Waals surface area contributed by atoms with Crippen LogP contribution in [0, 0.1) is 0 Å². The van der Waals surface area contributed by atoms with Crippen LogP contribution in [-0.2, 0) is 25.8 Å². The number of carbonyl (C=O) groups is 3. The summed E-state index contributed by atoms with van der Waals surface area (Å²) in [5.41, 5.74) is 2.65. The topological polar surface area (TPSA) is 141 Å². The quantitative estimate of drug-likeness (QED) is 0.0176. The summed E-state index contributed by atoms with van der Waals surface area (Å²) in [6, 6.07) is 25.6. The first-order chi connectivity index (χ1) is 25.4. The Balaban J connectivity index is 1.22. The molecule has 0 aromatic heterocycles. The Labute approximate surface area is 301 Å². The van der Waals surface area contributed by atoms with Crippen LogP contribution in [0.2, 0.25) is 0 Å². The first-order valence-electron chi connectivity index (χ1n) is 16.3. The van der Waals surface area contributed by atoms with Crippen LogP contribution < -0.4 is 23.8 Å². The largest absolute Gasteiger partial charge is 0.494 e. The molecule has 4 aromatic carbocycles. The molecule has 4 aromatic rings. The van der Waals surface area contributed by atoms with E-state index in [1.807, 2.05) is 6.92 Å². The number of hydrogen-bond acceptors (Lipinski definition) is 12. The lowest BCUT2D eigenvalue weighted by Crippen LogP contribution is -2.10. The minimum absolute atomic E-state index is 0.188. The lowest BCUT2D eigenvalue weighted by molar-refractivity contribution is -0.217. The van der Waals surface area contributed by atoms with E-state index >= 15 is 0 Å². The van der Waals surface area contributed by atoms with E-state index in [9.17, 15) is 14.4 Å². The number of unbranched alkanes of at least 4 members (excludes halogenated alkanes) is 1. The third-order valence-corrected chi connectivity index (χ3v) is 6.83. The van der Waals surface area contributed by atoms with Crippen LogP contribution in [0.5, 0.6) is 28.7 Å². The molecular weight excluding hydrogens is 668 g/mol. The molecule has 4 rings (SSSR count). The summed E-state index contributed by atoms with van der Waals surface area (Å²) in [5, 5.41) is 8.23. The van der Waals surface area contributed by atoms with Gasteiger partial charge in [0.15, 0.2) is 17.2 Å². The highest BCUT2D eigenvalue weighted by atomic mass is 17.2. The molecule has 0 aliphatic carbocycles. The average molecular weight is 707 g/mol. The molecule has 0 aliphatic rings. The van der Waals surface area contributed by atoms with Crippen LogP contribution in [-0.4, -0.2) is 50.2 Å². The van der Waals surface area contributed by atoms with Gasteiger partial charge in [0.05, 0.1) is 37.8 Å². The minimum atomic E-state index is -0.550. The van der Waals surface area contributed by atoms with Crippen molar-refractivity contribution < 1.29 is 47.8 Å². The van der Waals surface area contributed by atoms with Gasteiger partial charge < -0.3 is 28.6 Å². The fourth-order valence-corrected chi connectivity index (χ4v) is 4.22. The fraction of sp³-hybridized carbons (Fsp3) is 0.175. The van der Waals surface area contributed by atoms with Crippen molar-refractivity contribution in [3.8, 4) is 28.7 Å². The molecule has 0 saturated heterocycles. The lowest BCUT2D eigenvalue weighted by Gasteiger charge is -2.12. The van der Waals surface area contributed by atoms with E-state index < -0.39 is 17.9 Å². The van der Waals surface area contributed by atoms with Gasteiger partial charge >= 0.3 is 17.9 Å². The van der Waals surface area contributed by atoms with Gasteiger partial charge in [-0.2, -0.15) is 15.1 Å². The van der Waals surface area contributed by atoms with Crippen LogP contribution in [0.25, 0.3) is 0 Å². The Morgan fingerprint density at radius 2 is 1.29 bits per heavy atom. The number of hydrogen-bond donors (Lipinski definition) is 0. The van der Waals surface area contributed by atoms with Crippen LogP contribution in [0.3, 0.4) is 0 Å². The van der Waals surface area contributed by atoms with E-state index in [0.29, 0.717) is 66.8 Å². The molecule has 0 unspecified atom stereocenters. The van der Waals surface area contributed by atoms with Crippen LogP contribution in [0.4, 0.5) is 0 Å². The number of esters is 3. The summed E-state index contributed by atoms with van der Waals surface area (Å²) in [5.74, 6) is 0.630. The van der Waals surface area contributed by atoms with Crippen LogP contribution in [0.1, 0.15) is 46.8 Å². The molecule has 0 heterocycles. The molecule has 12 nitrogen and oxygen atoms in total. The molecule has 0 fully saturated rings. The third-order valence-electron chi connectivity index (χ3n) is 6.83. The van der Waals surface area contributed by atoms with Crippen molar-refractivity contribution in [2.24, 2.45) is 10.2 Å². The van der Waals surface area contributed by atoms with Crippen molar-refractivity contribution in [3.63, 3.8) is 0 Å². The predicted octanol–water partition coefficient (Wildman–Crippen LogP) is 7.25. The first kappa shape index (κ1) is 38.3. The zero-order valence-corrected chi connectivity index (χ0v) is 28.6. The first-order valence-corrected chi connectivity index (χ1v) is 16.3. The molecule has 0 spiro atoms. The van der Waals surface area contributed by atoms with Gasteiger partial charge in [-0.05, 0) is 115 Å². The number of ether oxygens (including phenoxy) is 5. The Kier molecular flexibility index (Phi) is 15.4. The monoisotopic (exact) mass is 706 g/mol. The number of benzene rings is 4. The summed E-state index contributed by atoms with van der Waals surface area (Å²) in [7, 11) is 0. The van der Waals surface area contributed by atoms with E-state index in [4.69, 9.17) is 33.5 Å². The maximum Gasteiger partial charge on any atom is 0.343 e. The maximum atomic E-state index is 12.9. The summed E-state index contributed by atoms with van der Waals surface area (Å²) in [4.78, 5) is 45.9. The lowest BCUT2D eigenvalue weighted by atomic mass is 10.2. The SMILES string of the molecule is C=CC(=O)OCCCCOc1ccc(C(=O)Oc2ccc(C=NN=Cc3ccc(OOCc4ccc(OC(=O)C=C)cc4)cc3)cc2OCC)cc1. The molecule has 268 valence electrons. The van der Waals surface area contributed by atoms with Gasteiger partial charge in [0.2, 0.25) is 0 Å². The molecule has 0 atom stereocenters. The highest BCUT2D eigenvalue weighted by molar-refractivity contribution is 5.92. The molecule has 0 N–H and O–H groups in total. The molecule has 0 radical (unpaired) electrons. The molecule has 12 heteroatoms. The highest BCUT2D eigenvalue weighted by Crippen LogP contribution is 2.29. The molecule has 0 amide bonds. The zero-order valence-electron chi connectivity index (χ0n) is 28.6. The summed E-state index contributed by atoms with van der Waals surface area (Å²) in [6.45, 7) is 9.83. The summed E-state index contributed by atoms with van der Waals surface area (Å²) >= 11 is 0. The van der Waals surface area contributed by atoms with Gasteiger partial charge in [0.1, 0.15) is 18.1 Å².